The third kappa shape index (κ3) is 3.38. The minimum Gasteiger partial charge on any atom is -0.330 e. The summed E-state index contributed by atoms with van der Waals surface area (Å²) < 4.78 is 26.1. The first-order chi connectivity index (χ1) is 9.48. The molecule has 3 nitrogen and oxygen atoms in total. The maximum Gasteiger partial charge on any atom is 0.156 e. The maximum absolute atomic E-state index is 13.1. The summed E-state index contributed by atoms with van der Waals surface area (Å²) in [6.45, 7) is 4.90. The van der Waals surface area contributed by atoms with E-state index < -0.39 is 9.84 Å². The van der Waals surface area contributed by atoms with E-state index in [9.17, 15) is 8.42 Å². The molecule has 20 heavy (non-hydrogen) atoms. The van der Waals surface area contributed by atoms with Crippen molar-refractivity contribution in [3.8, 4) is 0 Å². The third-order valence-electron chi connectivity index (χ3n) is 5.69. The molecule has 2 saturated carbocycles. The van der Waals surface area contributed by atoms with Crippen molar-refractivity contribution in [1.29, 1.82) is 0 Å². The summed E-state index contributed by atoms with van der Waals surface area (Å²) in [5.74, 6) is 1.34. The van der Waals surface area contributed by atoms with Crippen molar-refractivity contribution in [2.75, 3.05) is 6.54 Å². The molecule has 0 heterocycles. The monoisotopic (exact) mass is 301 g/mol. The lowest BCUT2D eigenvalue weighted by atomic mass is 9.80. The van der Waals surface area contributed by atoms with Crippen LogP contribution in [0.5, 0.6) is 0 Å². The number of sulfone groups is 1. The van der Waals surface area contributed by atoms with E-state index in [0.717, 1.165) is 44.9 Å². The van der Waals surface area contributed by atoms with Crippen molar-refractivity contribution in [3.05, 3.63) is 0 Å². The van der Waals surface area contributed by atoms with Gasteiger partial charge < -0.3 is 5.73 Å². The molecule has 0 aromatic carbocycles. The Morgan fingerprint density at radius 1 is 1.10 bits per heavy atom. The molecule has 0 aromatic rings. The van der Waals surface area contributed by atoms with Crippen molar-refractivity contribution in [2.45, 2.75) is 75.7 Å². The van der Waals surface area contributed by atoms with Crippen LogP contribution in [-0.4, -0.2) is 25.5 Å². The molecule has 5 unspecified atom stereocenters. The Morgan fingerprint density at radius 2 is 1.85 bits per heavy atom. The van der Waals surface area contributed by atoms with Crippen LogP contribution in [0.15, 0.2) is 0 Å². The lowest BCUT2D eigenvalue weighted by Crippen LogP contribution is -2.45. The highest BCUT2D eigenvalue weighted by molar-refractivity contribution is 7.92. The molecule has 118 valence electrons. The standard InChI is InChI=1S/C16H31NO2S/c1-3-13-7-8-14(11-17)16(10-13)20(18,19)15-6-4-5-12(2)9-15/h12-16H,3-11,17H2,1-2H3. The van der Waals surface area contributed by atoms with Crippen molar-refractivity contribution in [3.63, 3.8) is 0 Å². The summed E-state index contributed by atoms with van der Waals surface area (Å²) in [7, 11) is -3.00. The van der Waals surface area contributed by atoms with Crippen LogP contribution < -0.4 is 5.73 Å². The molecule has 0 aromatic heterocycles. The molecular weight excluding hydrogens is 270 g/mol. The summed E-state index contributed by atoms with van der Waals surface area (Å²) in [5.41, 5.74) is 5.87. The summed E-state index contributed by atoms with van der Waals surface area (Å²) in [6, 6.07) is 0. The lowest BCUT2D eigenvalue weighted by Gasteiger charge is -2.38. The van der Waals surface area contributed by atoms with Gasteiger partial charge in [0, 0.05) is 0 Å². The second-order valence-electron chi connectivity index (χ2n) is 7.10. The summed E-state index contributed by atoms with van der Waals surface area (Å²) in [4.78, 5) is 0. The molecule has 0 spiro atoms. The van der Waals surface area contributed by atoms with E-state index in [1.807, 2.05) is 0 Å². The zero-order valence-electron chi connectivity index (χ0n) is 13.1. The highest BCUT2D eigenvalue weighted by Gasteiger charge is 2.42. The van der Waals surface area contributed by atoms with Crippen molar-refractivity contribution in [1.82, 2.24) is 0 Å². The molecule has 4 heteroatoms. The lowest BCUT2D eigenvalue weighted by molar-refractivity contribution is 0.271. The van der Waals surface area contributed by atoms with Crippen LogP contribution in [0.2, 0.25) is 0 Å². The van der Waals surface area contributed by atoms with Gasteiger partial charge in [0.2, 0.25) is 0 Å². The fourth-order valence-corrected chi connectivity index (χ4v) is 7.15. The van der Waals surface area contributed by atoms with E-state index in [0.29, 0.717) is 18.4 Å². The van der Waals surface area contributed by atoms with Crippen molar-refractivity contribution < 1.29 is 8.42 Å². The van der Waals surface area contributed by atoms with E-state index in [4.69, 9.17) is 5.73 Å². The first kappa shape index (κ1) is 16.3. The maximum atomic E-state index is 13.1. The summed E-state index contributed by atoms with van der Waals surface area (Å²) in [5, 5.41) is -0.262. The van der Waals surface area contributed by atoms with Crippen LogP contribution >= 0.6 is 0 Å². The van der Waals surface area contributed by atoms with Crippen LogP contribution in [0.1, 0.15) is 65.2 Å². The second kappa shape index (κ2) is 6.78. The van der Waals surface area contributed by atoms with Gasteiger partial charge >= 0.3 is 0 Å². The molecule has 2 aliphatic carbocycles. The van der Waals surface area contributed by atoms with Gasteiger partial charge in [-0.05, 0) is 50.0 Å². The van der Waals surface area contributed by atoms with Crippen LogP contribution in [-0.2, 0) is 9.84 Å². The van der Waals surface area contributed by atoms with Crippen molar-refractivity contribution in [2.24, 2.45) is 23.5 Å². The first-order valence-corrected chi connectivity index (χ1v) is 10.0. The van der Waals surface area contributed by atoms with Crippen LogP contribution in [0, 0.1) is 17.8 Å². The molecule has 0 aliphatic heterocycles. The normalized spacial score (nSPS) is 39.6. The largest absolute Gasteiger partial charge is 0.330 e. The zero-order valence-corrected chi connectivity index (χ0v) is 13.9. The van der Waals surface area contributed by atoms with E-state index in [1.165, 1.54) is 6.42 Å². The summed E-state index contributed by atoms with van der Waals surface area (Å²) >= 11 is 0. The number of rotatable bonds is 4. The average Bonchev–Trinajstić information content (AvgIpc) is 2.46. The van der Waals surface area contributed by atoms with E-state index in [1.54, 1.807) is 0 Å². The van der Waals surface area contributed by atoms with Gasteiger partial charge in [-0.1, -0.05) is 39.5 Å². The highest BCUT2D eigenvalue weighted by atomic mass is 32.2. The van der Waals surface area contributed by atoms with E-state index in [2.05, 4.69) is 13.8 Å². The molecule has 0 amide bonds. The minimum absolute atomic E-state index is 0.0964. The second-order valence-corrected chi connectivity index (χ2v) is 9.55. The highest BCUT2D eigenvalue weighted by Crippen LogP contribution is 2.39. The first-order valence-electron chi connectivity index (χ1n) is 8.41. The fraction of sp³-hybridized carbons (Fsp3) is 1.00. The van der Waals surface area contributed by atoms with Crippen LogP contribution in [0.3, 0.4) is 0 Å². The smallest absolute Gasteiger partial charge is 0.156 e. The average molecular weight is 301 g/mol. The Balaban J connectivity index is 2.16. The van der Waals surface area contributed by atoms with Gasteiger partial charge in [0.1, 0.15) is 0 Å². The summed E-state index contributed by atoms with van der Waals surface area (Å²) in [6.07, 6.45) is 8.11. The quantitative estimate of drug-likeness (QED) is 0.868. The molecule has 2 rings (SSSR count). The van der Waals surface area contributed by atoms with Gasteiger partial charge in [-0.25, -0.2) is 8.42 Å². The van der Waals surface area contributed by atoms with Gasteiger partial charge in [-0.3, -0.25) is 0 Å². The molecule has 0 radical (unpaired) electrons. The number of nitrogens with two attached hydrogens (primary N) is 1. The van der Waals surface area contributed by atoms with Gasteiger partial charge in [-0.2, -0.15) is 0 Å². The predicted molar refractivity (Wildman–Crippen MR) is 84.3 cm³/mol. The van der Waals surface area contributed by atoms with Crippen LogP contribution in [0.4, 0.5) is 0 Å². The molecule has 2 N–H and O–H groups in total. The Hall–Kier alpha value is -0.0900. The molecule has 2 aliphatic rings. The number of hydrogen-bond acceptors (Lipinski definition) is 3. The Bertz CT molecular complexity index is 407. The third-order valence-corrected chi connectivity index (χ3v) is 8.47. The van der Waals surface area contributed by atoms with Gasteiger partial charge in [0.15, 0.2) is 9.84 Å². The molecular formula is C16H31NO2S. The Labute approximate surface area is 124 Å². The van der Waals surface area contributed by atoms with Crippen LogP contribution in [0.25, 0.3) is 0 Å². The molecule has 0 bridgehead atoms. The SMILES string of the molecule is CCC1CCC(CN)C(S(=O)(=O)C2CCCC(C)C2)C1. The number of hydrogen-bond donors (Lipinski definition) is 1. The van der Waals surface area contributed by atoms with E-state index >= 15 is 0 Å². The Kier molecular flexibility index (Phi) is 5.52. The predicted octanol–water partition coefficient (Wildman–Crippen LogP) is 3.13. The molecule has 5 atom stereocenters. The molecule has 2 fully saturated rings. The van der Waals surface area contributed by atoms with Gasteiger partial charge in [0.25, 0.3) is 0 Å². The molecule has 0 saturated heterocycles. The fourth-order valence-electron chi connectivity index (χ4n) is 4.24. The Morgan fingerprint density at radius 3 is 2.45 bits per heavy atom. The minimum atomic E-state index is -3.00. The van der Waals surface area contributed by atoms with Gasteiger partial charge in [-0.15, -0.1) is 0 Å². The van der Waals surface area contributed by atoms with Gasteiger partial charge in [0.05, 0.1) is 10.5 Å². The van der Waals surface area contributed by atoms with E-state index in [-0.39, 0.29) is 16.4 Å². The zero-order chi connectivity index (χ0) is 14.8. The topological polar surface area (TPSA) is 60.2 Å². The van der Waals surface area contributed by atoms with Crippen molar-refractivity contribution >= 4 is 9.84 Å².